The molecule has 0 aliphatic carbocycles. The van der Waals surface area contributed by atoms with Crippen molar-refractivity contribution in [3.05, 3.63) is 28.4 Å². The van der Waals surface area contributed by atoms with Crippen molar-refractivity contribution in [1.29, 1.82) is 0 Å². The lowest BCUT2D eigenvalue weighted by atomic mass is 10.3. The van der Waals surface area contributed by atoms with Gasteiger partial charge in [0.05, 0.1) is 11.5 Å². The van der Waals surface area contributed by atoms with Crippen LogP contribution >= 0.6 is 0 Å². The maximum absolute atomic E-state index is 10.5. The lowest BCUT2D eigenvalue weighted by Gasteiger charge is -2.20. The second-order valence-corrected chi connectivity index (χ2v) is 4.52. The van der Waals surface area contributed by atoms with Crippen LogP contribution in [0.2, 0.25) is 0 Å². The lowest BCUT2D eigenvalue weighted by Crippen LogP contribution is -2.28. The quantitative estimate of drug-likeness (QED) is 0.588. The van der Waals surface area contributed by atoms with Crippen LogP contribution in [-0.4, -0.2) is 54.4 Å². The van der Waals surface area contributed by atoms with Crippen molar-refractivity contribution in [2.45, 2.75) is 6.42 Å². The van der Waals surface area contributed by atoms with Crippen LogP contribution in [0.1, 0.15) is 6.42 Å². The van der Waals surface area contributed by atoms with Gasteiger partial charge in [0, 0.05) is 39.7 Å². The minimum atomic E-state index is -0.445. The summed E-state index contributed by atoms with van der Waals surface area (Å²) < 4.78 is 0. The average molecular weight is 263 g/mol. The molecular weight excluding hydrogens is 246 g/mol. The first-order valence-electron chi connectivity index (χ1n) is 6.14. The van der Waals surface area contributed by atoms with E-state index in [4.69, 9.17) is 0 Å². The molecule has 0 N–H and O–H groups in total. The molecule has 0 aromatic carbocycles. The van der Waals surface area contributed by atoms with Gasteiger partial charge in [0.2, 0.25) is 0 Å². The Morgan fingerprint density at radius 2 is 2.32 bits per heavy atom. The first kappa shape index (κ1) is 13.3. The first-order chi connectivity index (χ1) is 9.08. The van der Waals surface area contributed by atoms with Gasteiger partial charge in [-0.25, -0.2) is 4.98 Å². The van der Waals surface area contributed by atoms with E-state index >= 15 is 0 Å². The summed E-state index contributed by atoms with van der Waals surface area (Å²) in [4.78, 5) is 22.7. The van der Waals surface area contributed by atoms with E-state index in [1.807, 2.05) is 19.0 Å². The van der Waals surface area contributed by atoms with Crippen LogP contribution in [0, 0.1) is 10.1 Å². The highest BCUT2D eigenvalue weighted by molar-refractivity contribution is 5.83. The molecule has 2 rings (SSSR count). The molecule has 0 bridgehead atoms. The Morgan fingerprint density at radius 1 is 1.53 bits per heavy atom. The molecular formula is C12H17N5O2. The van der Waals surface area contributed by atoms with Crippen molar-refractivity contribution in [2.24, 2.45) is 4.99 Å². The Kier molecular flexibility index (Phi) is 3.94. The maximum atomic E-state index is 10.5. The number of aromatic nitrogens is 1. The highest BCUT2D eigenvalue weighted by atomic mass is 16.6. The van der Waals surface area contributed by atoms with Crippen molar-refractivity contribution >= 4 is 17.3 Å². The number of rotatable bonds is 5. The highest BCUT2D eigenvalue weighted by Gasteiger charge is 2.13. The molecule has 7 heteroatoms. The molecule has 2 heterocycles. The third-order valence-electron chi connectivity index (χ3n) is 3.18. The molecule has 0 radical (unpaired) electrons. The highest BCUT2D eigenvalue weighted by Crippen LogP contribution is 2.15. The Hall–Kier alpha value is -2.18. The fourth-order valence-electron chi connectivity index (χ4n) is 1.94. The molecule has 0 saturated heterocycles. The second kappa shape index (κ2) is 5.64. The summed E-state index contributed by atoms with van der Waals surface area (Å²) in [6.07, 6.45) is 2.14. The smallest absolute Gasteiger partial charge is 0.287 e. The van der Waals surface area contributed by atoms with Crippen LogP contribution < -0.4 is 4.90 Å². The molecule has 7 nitrogen and oxygen atoms in total. The summed E-state index contributed by atoms with van der Waals surface area (Å²) in [5, 5.41) is 10.5. The fraction of sp³-hybridized carbons (Fsp3) is 0.500. The molecule has 0 saturated carbocycles. The minimum absolute atomic E-state index is 0.0112. The summed E-state index contributed by atoms with van der Waals surface area (Å²) in [7, 11) is 3.96. The molecule has 1 aromatic heterocycles. The molecule has 1 aliphatic rings. The number of anilines is 1. The third-order valence-corrected chi connectivity index (χ3v) is 3.18. The van der Waals surface area contributed by atoms with Crippen molar-refractivity contribution < 1.29 is 4.92 Å². The number of pyridine rings is 1. The van der Waals surface area contributed by atoms with Crippen LogP contribution in [0.5, 0.6) is 0 Å². The van der Waals surface area contributed by atoms with Gasteiger partial charge >= 0.3 is 0 Å². The van der Waals surface area contributed by atoms with Gasteiger partial charge in [-0.2, -0.15) is 0 Å². The Bertz CT molecular complexity index is 485. The Balaban J connectivity index is 1.92. The predicted molar refractivity (Wildman–Crippen MR) is 73.7 cm³/mol. The van der Waals surface area contributed by atoms with E-state index in [0.717, 1.165) is 37.7 Å². The van der Waals surface area contributed by atoms with E-state index < -0.39 is 4.92 Å². The van der Waals surface area contributed by atoms with E-state index in [1.54, 1.807) is 6.07 Å². The lowest BCUT2D eigenvalue weighted by molar-refractivity contribution is -0.385. The minimum Gasteiger partial charge on any atom is -0.362 e. The maximum Gasteiger partial charge on any atom is 0.287 e. The zero-order valence-electron chi connectivity index (χ0n) is 11.1. The van der Waals surface area contributed by atoms with Crippen LogP contribution in [0.4, 0.5) is 11.5 Å². The molecule has 0 amide bonds. The van der Waals surface area contributed by atoms with Crippen LogP contribution in [-0.2, 0) is 0 Å². The van der Waals surface area contributed by atoms with Gasteiger partial charge in [-0.1, -0.05) is 0 Å². The molecule has 19 heavy (non-hydrogen) atoms. The van der Waals surface area contributed by atoms with Crippen LogP contribution in [0.3, 0.4) is 0 Å². The standard InChI is InChI=1S/C12H17N5O2/c1-15(7-5-12-13-6-8-16(12)2)11-4-3-10(9-14-11)17(18)19/h3-4,9H,5-8H2,1-2H3. The van der Waals surface area contributed by atoms with E-state index in [1.165, 1.54) is 12.3 Å². The summed E-state index contributed by atoms with van der Waals surface area (Å²) >= 11 is 0. The number of amidine groups is 1. The van der Waals surface area contributed by atoms with Gasteiger partial charge < -0.3 is 9.80 Å². The van der Waals surface area contributed by atoms with Crippen molar-refractivity contribution in [2.75, 3.05) is 38.6 Å². The normalized spacial score (nSPS) is 14.4. The van der Waals surface area contributed by atoms with Crippen LogP contribution in [0.25, 0.3) is 0 Å². The number of aliphatic imine (C=N–C) groups is 1. The number of hydrogen-bond acceptors (Lipinski definition) is 6. The van der Waals surface area contributed by atoms with Gasteiger partial charge in [0.1, 0.15) is 17.9 Å². The predicted octanol–water partition coefficient (Wildman–Crippen LogP) is 1.16. The van der Waals surface area contributed by atoms with E-state index in [0.29, 0.717) is 0 Å². The third kappa shape index (κ3) is 3.18. The average Bonchev–Trinajstić information content (AvgIpc) is 2.81. The zero-order valence-corrected chi connectivity index (χ0v) is 11.1. The zero-order chi connectivity index (χ0) is 13.8. The fourth-order valence-corrected chi connectivity index (χ4v) is 1.94. The Labute approximate surface area is 111 Å². The molecule has 0 spiro atoms. The van der Waals surface area contributed by atoms with E-state index in [2.05, 4.69) is 14.9 Å². The van der Waals surface area contributed by atoms with Crippen molar-refractivity contribution in [3.63, 3.8) is 0 Å². The van der Waals surface area contributed by atoms with Crippen molar-refractivity contribution in [3.8, 4) is 0 Å². The summed E-state index contributed by atoms with van der Waals surface area (Å²) in [5.41, 5.74) is 0.0112. The SMILES string of the molecule is CN1CCN=C1CCN(C)c1ccc([N+](=O)[O-])cn1. The van der Waals surface area contributed by atoms with E-state index in [9.17, 15) is 10.1 Å². The van der Waals surface area contributed by atoms with E-state index in [-0.39, 0.29) is 5.69 Å². The van der Waals surface area contributed by atoms with Crippen LogP contribution in [0.15, 0.2) is 23.3 Å². The summed E-state index contributed by atoms with van der Waals surface area (Å²) in [6.45, 7) is 2.63. The van der Waals surface area contributed by atoms with Gasteiger partial charge in [-0.05, 0) is 6.07 Å². The number of nitrogens with zero attached hydrogens (tertiary/aromatic N) is 5. The first-order valence-corrected chi connectivity index (χ1v) is 6.14. The molecule has 1 aliphatic heterocycles. The van der Waals surface area contributed by atoms with Gasteiger partial charge in [0.25, 0.3) is 5.69 Å². The number of likely N-dealkylation sites (N-methyl/N-ethyl adjacent to an activating group) is 1. The molecule has 0 atom stereocenters. The summed E-state index contributed by atoms with van der Waals surface area (Å²) in [5.74, 6) is 1.83. The van der Waals surface area contributed by atoms with Gasteiger partial charge in [-0.15, -0.1) is 0 Å². The van der Waals surface area contributed by atoms with Crippen molar-refractivity contribution in [1.82, 2.24) is 9.88 Å². The van der Waals surface area contributed by atoms with Gasteiger partial charge in [-0.3, -0.25) is 15.1 Å². The molecule has 0 unspecified atom stereocenters. The monoisotopic (exact) mass is 263 g/mol. The largest absolute Gasteiger partial charge is 0.362 e. The molecule has 1 aromatic rings. The molecule has 102 valence electrons. The topological polar surface area (TPSA) is 74.9 Å². The Morgan fingerprint density at radius 3 is 2.84 bits per heavy atom. The van der Waals surface area contributed by atoms with Gasteiger partial charge in [0.15, 0.2) is 0 Å². The number of hydrogen-bond donors (Lipinski definition) is 0. The summed E-state index contributed by atoms with van der Waals surface area (Å²) in [6, 6.07) is 3.14. The number of nitro groups is 1. The second-order valence-electron chi connectivity index (χ2n) is 4.52. The molecule has 0 fully saturated rings.